The molecule has 1 aromatic heterocycles. The molecular weight excluding hydrogens is 431 g/mol. The Morgan fingerprint density at radius 2 is 1.84 bits per heavy atom. The van der Waals surface area contributed by atoms with Gasteiger partial charge >= 0.3 is 0 Å². The van der Waals surface area contributed by atoms with E-state index in [-0.39, 0.29) is 29.0 Å². The van der Waals surface area contributed by atoms with E-state index in [0.29, 0.717) is 17.1 Å². The Labute approximate surface area is 181 Å². The molecule has 0 unspecified atom stereocenters. The first-order chi connectivity index (χ1) is 14.7. The lowest BCUT2D eigenvalue weighted by Gasteiger charge is -2.12. The Balaban J connectivity index is 1.87. The number of aromatic amines is 1. The number of benzene rings is 2. The van der Waals surface area contributed by atoms with E-state index in [9.17, 15) is 18.0 Å². The molecule has 162 valence electrons. The molecule has 3 aromatic rings. The number of amides is 1. The predicted octanol–water partition coefficient (Wildman–Crippen LogP) is 5.00. The molecule has 6 nitrogen and oxygen atoms in total. The van der Waals surface area contributed by atoms with Crippen LogP contribution in [0.15, 0.2) is 47.5 Å². The van der Waals surface area contributed by atoms with Gasteiger partial charge in [-0.05, 0) is 36.2 Å². The molecule has 0 fully saturated rings. The number of halogens is 4. The van der Waals surface area contributed by atoms with Gasteiger partial charge in [0.2, 0.25) is 5.96 Å². The number of hydrogen-bond acceptors (Lipinski definition) is 2. The third-order valence-electron chi connectivity index (χ3n) is 4.13. The maximum absolute atomic E-state index is 14.9. The minimum atomic E-state index is -1.17. The fourth-order valence-corrected chi connectivity index (χ4v) is 2.66. The van der Waals surface area contributed by atoms with Crippen molar-refractivity contribution in [3.8, 4) is 11.3 Å². The molecule has 10 heteroatoms. The van der Waals surface area contributed by atoms with Crippen LogP contribution in [0.25, 0.3) is 11.3 Å². The molecular formula is C21H19ClF3N5O. The van der Waals surface area contributed by atoms with E-state index < -0.39 is 23.4 Å². The minimum absolute atomic E-state index is 0.0866. The SMILES string of the molecule is CC(C)CN/C(=N/C(=O)c1ccc(F)c(F)c1)Nc1n[nH]c(-c2ccc(Cl)cc2)c1F. The molecule has 0 radical (unpaired) electrons. The summed E-state index contributed by atoms with van der Waals surface area (Å²) >= 11 is 5.86. The van der Waals surface area contributed by atoms with Crippen LogP contribution in [0.1, 0.15) is 24.2 Å². The lowest BCUT2D eigenvalue weighted by molar-refractivity contribution is 0.100. The van der Waals surface area contributed by atoms with Crippen molar-refractivity contribution in [2.24, 2.45) is 10.9 Å². The highest BCUT2D eigenvalue weighted by Gasteiger charge is 2.18. The van der Waals surface area contributed by atoms with Gasteiger partial charge in [-0.1, -0.05) is 37.6 Å². The Hall–Kier alpha value is -3.33. The van der Waals surface area contributed by atoms with Crippen LogP contribution in [0.2, 0.25) is 5.02 Å². The number of hydrogen-bond donors (Lipinski definition) is 3. The van der Waals surface area contributed by atoms with E-state index in [1.165, 1.54) is 0 Å². The van der Waals surface area contributed by atoms with Gasteiger partial charge in [-0.3, -0.25) is 9.89 Å². The second-order valence-corrected chi connectivity index (χ2v) is 7.50. The number of nitrogens with one attached hydrogen (secondary N) is 3. The number of aromatic nitrogens is 2. The van der Waals surface area contributed by atoms with Gasteiger partial charge in [-0.15, -0.1) is 0 Å². The molecule has 3 N–H and O–H groups in total. The van der Waals surface area contributed by atoms with Gasteiger partial charge in [0, 0.05) is 22.7 Å². The van der Waals surface area contributed by atoms with E-state index in [0.717, 1.165) is 18.2 Å². The molecule has 2 aromatic carbocycles. The monoisotopic (exact) mass is 449 g/mol. The van der Waals surface area contributed by atoms with Gasteiger partial charge in [0.05, 0.1) is 0 Å². The molecule has 0 saturated heterocycles. The molecule has 1 heterocycles. The molecule has 31 heavy (non-hydrogen) atoms. The zero-order chi connectivity index (χ0) is 22.5. The third kappa shape index (κ3) is 5.64. The van der Waals surface area contributed by atoms with Crippen LogP contribution in [-0.2, 0) is 0 Å². The second-order valence-electron chi connectivity index (χ2n) is 7.06. The van der Waals surface area contributed by atoms with Crippen molar-refractivity contribution in [2.45, 2.75) is 13.8 Å². The zero-order valence-electron chi connectivity index (χ0n) is 16.6. The summed E-state index contributed by atoms with van der Waals surface area (Å²) in [6.45, 7) is 4.26. The average molecular weight is 450 g/mol. The van der Waals surface area contributed by atoms with E-state index in [1.54, 1.807) is 24.3 Å². The number of aliphatic imine (C=N–C) groups is 1. The first-order valence-electron chi connectivity index (χ1n) is 9.33. The van der Waals surface area contributed by atoms with Crippen molar-refractivity contribution in [3.05, 3.63) is 70.5 Å². The van der Waals surface area contributed by atoms with Gasteiger partial charge in [0.25, 0.3) is 5.91 Å². The topological polar surface area (TPSA) is 82.2 Å². The summed E-state index contributed by atoms with van der Waals surface area (Å²) in [7, 11) is 0. The molecule has 0 aliphatic carbocycles. The summed E-state index contributed by atoms with van der Waals surface area (Å²) in [5.41, 5.74) is 0.483. The number of nitrogens with zero attached hydrogens (tertiary/aromatic N) is 2. The lowest BCUT2D eigenvalue weighted by Crippen LogP contribution is -2.34. The maximum Gasteiger partial charge on any atom is 0.280 e. The summed E-state index contributed by atoms with van der Waals surface area (Å²) < 4.78 is 41.5. The average Bonchev–Trinajstić information content (AvgIpc) is 3.09. The van der Waals surface area contributed by atoms with Crippen LogP contribution in [0.4, 0.5) is 19.0 Å². The minimum Gasteiger partial charge on any atom is -0.355 e. The Morgan fingerprint density at radius 1 is 1.13 bits per heavy atom. The third-order valence-corrected chi connectivity index (χ3v) is 4.39. The molecule has 0 bridgehead atoms. The Kier molecular flexibility index (Phi) is 6.96. The number of carbonyl (C=O) groups is 1. The normalized spacial score (nSPS) is 11.6. The number of H-pyrrole nitrogens is 1. The fourth-order valence-electron chi connectivity index (χ4n) is 2.54. The first-order valence-corrected chi connectivity index (χ1v) is 9.71. The summed E-state index contributed by atoms with van der Waals surface area (Å²) in [5, 5.41) is 12.5. The quantitative estimate of drug-likeness (QED) is 0.378. The summed E-state index contributed by atoms with van der Waals surface area (Å²) in [4.78, 5) is 16.3. The van der Waals surface area contributed by atoms with Crippen molar-refractivity contribution in [3.63, 3.8) is 0 Å². The van der Waals surface area contributed by atoms with Crippen LogP contribution in [-0.4, -0.2) is 28.6 Å². The zero-order valence-corrected chi connectivity index (χ0v) is 17.4. The summed E-state index contributed by atoms with van der Waals surface area (Å²) in [6, 6.07) is 9.16. The van der Waals surface area contributed by atoms with Crippen LogP contribution < -0.4 is 10.6 Å². The highest BCUT2D eigenvalue weighted by molar-refractivity contribution is 6.30. The van der Waals surface area contributed by atoms with E-state index >= 15 is 0 Å². The number of anilines is 1. The van der Waals surface area contributed by atoms with Gasteiger partial charge in [0.15, 0.2) is 23.3 Å². The van der Waals surface area contributed by atoms with Crippen molar-refractivity contribution < 1.29 is 18.0 Å². The van der Waals surface area contributed by atoms with Crippen LogP contribution in [0, 0.1) is 23.4 Å². The van der Waals surface area contributed by atoms with Crippen molar-refractivity contribution in [1.82, 2.24) is 15.5 Å². The molecule has 0 aliphatic heterocycles. The fraction of sp³-hybridized carbons (Fsp3) is 0.190. The van der Waals surface area contributed by atoms with Gasteiger partial charge in [0.1, 0.15) is 5.69 Å². The lowest BCUT2D eigenvalue weighted by atomic mass is 10.1. The molecule has 0 saturated carbocycles. The molecule has 0 atom stereocenters. The van der Waals surface area contributed by atoms with Gasteiger partial charge < -0.3 is 10.6 Å². The molecule has 3 rings (SSSR count). The predicted molar refractivity (Wildman–Crippen MR) is 114 cm³/mol. The van der Waals surface area contributed by atoms with Crippen LogP contribution in [0.5, 0.6) is 0 Å². The number of rotatable bonds is 5. The maximum atomic E-state index is 14.9. The summed E-state index contributed by atoms with van der Waals surface area (Å²) in [6.07, 6.45) is 0. The highest BCUT2D eigenvalue weighted by atomic mass is 35.5. The Bertz CT molecular complexity index is 1110. The van der Waals surface area contributed by atoms with Gasteiger partial charge in [-0.25, -0.2) is 13.2 Å². The highest BCUT2D eigenvalue weighted by Crippen LogP contribution is 2.26. The largest absolute Gasteiger partial charge is 0.355 e. The van der Waals surface area contributed by atoms with E-state index in [4.69, 9.17) is 11.6 Å². The summed E-state index contributed by atoms with van der Waals surface area (Å²) in [5.74, 6) is -3.89. The molecule has 0 aliphatic rings. The number of carbonyl (C=O) groups excluding carboxylic acids is 1. The van der Waals surface area contributed by atoms with Crippen molar-refractivity contribution in [2.75, 3.05) is 11.9 Å². The van der Waals surface area contributed by atoms with Gasteiger partial charge in [-0.2, -0.15) is 10.1 Å². The smallest absolute Gasteiger partial charge is 0.280 e. The number of guanidine groups is 1. The first kappa shape index (κ1) is 22.4. The van der Waals surface area contributed by atoms with E-state index in [2.05, 4.69) is 25.8 Å². The van der Waals surface area contributed by atoms with Crippen LogP contribution in [0.3, 0.4) is 0 Å². The standard InChI is InChI=1S/C21H19ClF3N5O/c1-11(2)10-26-21(28-20(31)13-5-8-15(23)16(24)9-13)27-19-17(25)18(29-30-19)12-3-6-14(22)7-4-12/h3-9,11H,10H2,1-2H3,(H3,26,27,28,29,30,31). The second kappa shape index (κ2) is 9.65. The molecule has 1 amide bonds. The van der Waals surface area contributed by atoms with E-state index in [1.807, 2.05) is 13.8 Å². The Morgan fingerprint density at radius 3 is 2.48 bits per heavy atom. The van der Waals surface area contributed by atoms with Crippen molar-refractivity contribution >= 4 is 29.3 Å². The van der Waals surface area contributed by atoms with Crippen LogP contribution >= 0.6 is 11.6 Å². The molecule has 0 spiro atoms. The van der Waals surface area contributed by atoms with Crippen molar-refractivity contribution in [1.29, 1.82) is 0 Å².